The van der Waals surface area contributed by atoms with Crippen LogP contribution in [-0.4, -0.2) is 5.78 Å². The first kappa shape index (κ1) is 15.0. The standard InChI is InChI=1S/C19H14O.ClH/c20-19(17-9-5-2-6-10-17)18-13-11-16(12-14-18)15-7-3-1-4-8-15;/h1-14H;1H. The second kappa shape index (κ2) is 6.87. The fraction of sp³-hybridized carbons (Fsp3) is 0. The van der Waals surface area contributed by atoms with E-state index >= 15 is 0 Å². The minimum absolute atomic E-state index is 0. The smallest absolute Gasteiger partial charge is 0.193 e. The lowest BCUT2D eigenvalue weighted by Crippen LogP contribution is -2.00. The molecule has 3 aromatic rings. The first-order valence-corrected chi connectivity index (χ1v) is 6.60. The molecule has 0 radical (unpaired) electrons. The Balaban J connectivity index is 0.00000161. The molecule has 0 fully saturated rings. The van der Waals surface area contributed by atoms with Crippen LogP contribution >= 0.6 is 12.4 Å². The summed E-state index contributed by atoms with van der Waals surface area (Å²) in [6.07, 6.45) is 0. The molecule has 3 aromatic carbocycles. The molecule has 2 heteroatoms. The average Bonchev–Trinajstić information content (AvgIpc) is 2.56. The van der Waals surface area contributed by atoms with E-state index in [1.807, 2.05) is 72.8 Å². The van der Waals surface area contributed by atoms with E-state index in [1.54, 1.807) is 0 Å². The Morgan fingerprint density at radius 1 is 0.524 bits per heavy atom. The number of benzene rings is 3. The summed E-state index contributed by atoms with van der Waals surface area (Å²) in [5, 5.41) is 0. The molecule has 3 rings (SSSR count). The maximum absolute atomic E-state index is 12.3. The summed E-state index contributed by atoms with van der Waals surface area (Å²) in [7, 11) is 0. The molecule has 0 heterocycles. The molecule has 0 amide bonds. The first-order valence-electron chi connectivity index (χ1n) is 6.60. The van der Waals surface area contributed by atoms with Gasteiger partial charge >= 0.3 is 0 Å². The predicted molar refractivity (Wildman–Crippen MR) is 89.0 cm³/mol. The van der Waals surface area contributed by atoms with Crippen LogP contribution in [0.15, 0.2) is 84.9 Å². The molecule has 0 aromatic heterocycles. The normalized spacial score (nSPS) is 9.71. The summed E-state index contributed by atoms with van der Waals surface area (Å²) in [6, 6.07) is 27.3. The first-order chi connectivity index (χ1) is 9.84. The molecule has 0 unspecified atom stereocenters. The van der Waals surface area contributed by atoms with E-state index in [9.17, 15) is 4.79 Å². The highest BCUT2D eigenvalue weighted by Crippen LogP contribution is 2.20. The van der Waals surface area contributed by atoms with Crippen LogP contribution in [0, 0.1) is 0 Å². The minimum atomic E-state index is 0. The van der Waals surface area contributed by atoms with Gasteiger partial charge in [0.05, 0.1) is 0 Å². The van der Waals surface area contributed by atoms with Gasteiger partial charge in [-0.05, 0) is 11.1 Å². The molecule has 0 saturated heterocycles. The lowest BCUT2D eigenvalue weighted by Gasteiger charge is -2.04. The molecule has 0 aliphatic carbocycles. The van der Waals surface area contributed by atoms with Gasteiger partial charge in [0.2, 0.25) is 0 Å². The van der Waals surface area contributed by atoms with E-state index in [0.717, 1.165) is 22.3 Å². The third-order valence-corrected chi connectivity index (χ3v) is 3.29. The van der Waals surface area contributed by atoms with Crippen LogP contribution < -0.4 is 0 Å². The van der Waals surface area contributed by atoms with Gasteiger partial charge in [0.25, 0.3) is 0 Å². The largest absolute Gasteiger partial charge is 0.289 e. The molecule has 0 aliphatic heterocycles. The van der Waals surface area contributed by atoms with Crippen molar-refractivity contribution >= 4 is 18.2 Å². The molecule has 0 spiro atoms. The Labute approximate surface area is 130 Å². The summed E-state index contributed by atoms with van der Waals surface area (Å²) >= 11 is 0. The molecule has 1 nitrogen and oxygen atoms in total. The van der Waals surface area contributed by atoms with Gasteiger partial charge in [-0.3, -0.25) is 4.79 Å². The van der Waals surface area contributed by atoms with Gasteiger partial charge in [0.15, 0.2) is 5.78 Å². The van der Waals surface area contributed by atoms with Crippen molar-refractivity contribution in [2.45, 2.75) is 0 Å². The number of hydrogen-bond donors (Lipinski definition) is 0. The Hall–Kier alpha value is -2.38. The summed E-state index contributed by atoms with van der Waals surface area (Å²) in [5.41, 5.74) is 3.72. The fourth-order valence-corrected chi connectivity index (χ4v) is 2.20. The number of carbonyl (C=O) groups is 1. The Morgan fingerprint density at radius 3 is 1.52 bits per heavy atom. The van der Waals surface area contributed by atoms with Crippen molar-refractivity contribution in [3.63, 3.8) is 0 Å². The van der Waals surface area contributed by atoms with E-state index in [1.165, 1.54) is 0 Å². The highest BCUT2D eigenvalue weighted by Gasteiger charge is 2.08. The molecular weight excluding hydrogens is 280 g/mol. The Morgan fingerprint density at radius 2 is 0.952 bits per heavy atom. The third kappa shape index (κ3) is 3.39. The van der Waals surface area contributed by atoms with Gasteiger partial charge in [0, 0.05) is 11.1 Å². The molecule has 104 valence electrons. The summed E-state index contributed by atoms with van der Waals surface area (Å²) < 4.78 is 0. The van der Waals surface area contributed by atoms with Crippen molar-refractivity contribution < 1.29 is 4.79 Å². The van der Waals surface area contributed by atoms with Gasteiger partial charge in [0.1, 0.15) is 0 Å². The Kier molecular flexibility index (Phi) is 4.91. The maximum Gasteiger partial charge on any atom is 0.193 e. The lowest BCUT2D eigenvalue weighted by atomic mass is 9.99. The minimum Gasteiger partial charge on any atom is -0.289 e. The van der Waals surface area contributed by atoms with Gasteiger partial charge in [-0.25, -0.2) is 0 Å². The van der Waals surface area contributed by atoms with Crippen molar-refractivity contribution in [3.05, 3.63) is 96.1 Å². The van der Waals surface area contributed by atoms with Crippen molar-refractivity contribution in [2.24, 2.45) is 0 Å². The molecular formula is C19H15ClO. The van der Waals surface area contributed by atoms with E-state index in [-0.39, 0.29) is 18.2 Å². The highest BCUT2D eigenvalue weighted by atomic mass is 35.5. The van der Waals surface area contributed by atoms with Gasteiger partial charge in [-0.1, -0.05) is 84.9 Å². The second-order valence-electron chi connectivity index (χ2n) is 4.64. The van der Waals surface area contributed by atoms with Crippen molar-refractivity contribution in [3.8, 4) is 11.1 Å². The topological polar surface area (TPSA) is 17.1 Å². The molecule has 0 N–H and O–H groups in total. The van der Waals surface area contributed by atoms with E-state index in [2.05, 4.69) is 12.1 Å². The fourth-order valence-electron chi connectivity index (χ4n) is 2.20. The van der Waals surface area contributed by atoms with Gasteiger partial charge in [-0.2, -0.15) is 0 Å². The highest BCUT2D eigenvalue weighted by molar-refractivity contribution is 6.09. The number of hydrogen-bond acceptors (Lipinski definition) is 1. The van der Waals surface area contributed by atoms with Crippen LogP contribution in [0.4, 0.5) is 0 Å². The van der Waals surface area contributed by atoms with Crippen molar-refractivity contribution in [1.82, 2.24) is 0 Å². The van der Waals surface area contributed by atoms with Gasteiger partial charge < -0.3 is 0 Å². The SMILES string of the molecule is Cl.O=C(c1ccccc1)c1ccc(-c2ccccc2)cc1. The van der Waals surface area contributed by atoms with Crippen LogP contribution in [-0.2, 0) is 0 Å². The van der Waals surface area contributed by atoms with Crippen molar-refractivity contribution in [2.75, 3.05) is 0 Å². The maximum atomic E-state index is 12.3. The predicted octanol–water partition coefficient (Wildman–Crippen LogP) is 5.01. The van der Waals surface area contributed by atoms with E-state index in [4.69, 9.17) is 0 Å². The zero-order valence-electron chi connectivity index (χ0n) is 11.4. The average molecular weight is 295 g/mol. The van der Waals surface area contributed by atoms with Crippen LogP contribution in [0.3, 0.4) is 0 Å². The number of halogens is 1. The monoisotopic (exact) mass is 294 g/mol. The summed E-state index contributed by atoms with van der Waals surface area (Å²) in [4.78, 5) is 12.3. The second-order valence-corrected chi connectivity index (χ2v) is 4.64. The molecule has 0 bridgehead atoms. The molecule has 0 saturated carbocycles. The molecule has 21 heavy (non-hydrogen) atoms. The van der Waals surface area contributed by atoms with E-state index in [0.29, 0.717) is 0 Å². The summed E-state index contributed by atoms with van der Waals surface area (Å²) in [5.74, 6) is 0.0604. The summed E-state index contributed by atoms with van der Waals surface area (Å²) in [6.45, 7) is 0. The number of ketones is 1. The van der Waals surface area contributed by atoms with Crippen LogP contribution in [0.25, 0.3) is 11.1 Å². The van der Waals surface area contributed by atoms with Gasteiger partial charge in [-0.15, -0.1) is 12.4 Å². The zero-order chi connectivity index (χ0) is 13.8. The molecule has 0 atom stereocenters. The zero-order valence-corrected chi connectivity index (χ0v) is 12.2. The van der Waals surface area contributed by atoms with Crippen LogP contribution in [0.2, 0.25) is 0 Å². The van der Waals surface area contributed by atoms with E-state index < -0.39 is 0 Å². The quantitative estimate of drug-likeness (QED) is 0.621. The van der Waals surface area contributed by atoms with Crippen LogP contribution in [0.5, 0.6) is 0 Å². The third-order valence-electron chi connectivity index (χ3n) is 3.29. The lowest BCUT2D eigenvalue weighted by molar-refractivity contribution is 0.103. The molecule has 0 aliphatic rings. The number of carbonyl (C=O) groups excluding carboxylic acids is 1. The number of rotatable bonds is 3. The van der Waals surface area contributed by atoms with Crippen molar-refractivity contribution in [1.29, 1.82) is 0 Å². The van der Waals surface area contributed by atoms with Crippen LogP contribution in [0.1, 0.15) is 15.9 Å². The Bertz CT molecular complexity index is 704.